The van der Waals surface area contributed by atoms with Crippen LogP contribution in [0, 0.1) is 11.3 Å². The van der Waals surface area contributed by atoms with Crippen LogP contribution in [-0.2, 0) is 5.54 Å². The summed E-state index contributed by atoms with van der Waals surface area (Å²) in [6.45, 7) is 1.90. The number of anilines is 1. The zero-order chi connectivity index (χ0) is 13.7. The Labute approximate surface area is 113 Å². The van der Waals surface area contributed by atoms with Gasteiger partial charge in [-0.1, -0.05) is 36.4 Å². The number of nitriles is 1. The van der Waals surface area contributed by atoms with E-state index in [1.165, 1.54) is 0 Å². The van der Waals surface area contributed by atoms with Crippen LogP contribution < -0.4 is 5.32 Å². The normalized spacial score (nSPS) is 13.3. The van der Waals surface area contributed by atoms with E-state index < -0.39 is 5.54 Å². The van der Waals surface area contributed by atoms with Gasteiger partial charge in [0.15, 0.2) is 0 Å². The summed E-state index contributed by atoms with van der Waals surface area (Å²) in [4.78, 5) is 0. The molecule has 2 aromatic carbocycles. The first-order valence-corrected chi connectivity index (χ1v) is 6.13. The second kappa shape index (κ2) is 5.55. The molecule has 19 heavy (non-hydrogen) atoms. The van der Waals surface area contributed by atoms with E-state index in [4.69, 9.17) is 5.26 Å². The Hall–Kier alpha value is -2.31. The van der Waals surface area contributed by atoms with E-state index in [0.29, 0.717) is 5.56 Å². The van der Waals surface area contributed by atoms with Gasteiger partial charge in [0.1, 0.15) is 0 Å². The van der Waals surface area contributed by atoms with Gasteiger partial charge in [0.2, 0.25) is 0 Å². The van der Waals surface area contributed by atoms with Crippen molar-refractivity contribution in [3.05, 3.63) is 65.7 Å². The molecule has 0 heterocycles. The Balaban J connectivity index is 2.31. The quantitative estimate of drug-likeness (QED) is 0.879. The van der Waals surface area contributed by atoms with Gasteiger partial charge in [0.05, 0.1) is 23.8 Å². The maximum Gasteiger partial charge on any atom is 0.0992 e. The van der Waals surface area contributed by atoms with Crippen LogP contribution in [0.15, 0.2) is 54.6 Å². The molecule has 1 unspecified atom stereocenters. The van der Waals surface area contributed by atoms with Crippen LogP contribution in [0.2, 0.25) is 0 Å². The standard InChI is InChI=1S/C16H16N2O/c1-16(12-19,14-7-3-2-4-8-14)18-15-9-5-6-13(10-15)11-17/h2-10,18-19H,12H2,1H3. The topological polar surface area (TPSA) is 56.0 Å². The largest absolute Gasteiger partial charge is 0.394 e. The molecule has 0 aliphatic rings. The monoisotopic (exact) mass is 252 g/mol. The number of nitrogens with zero attached hydrogens (tertiary/aromatic N) is 1. The molecule has 0 aromatic heterocycles. The summed E-state index contributed by atoms with van der Waals surface area (Å²) in [6.07, 6.45) is 0. The predicted octanol–water partition coefficient (Wildman–Crippen LogP) is 2.88. The van der Waals surface area contributed by atoms with Gasteiger partial charge in [-0.3, -0.25) is 0 Å². The van der Waals surface area contributed by atoms with Crippen LogP contribution in [0.4, 0.5) is 5.69 Å². The molecule has 3 heteroatoms. The summed E-state index contributed by atoms with van der Waals surface area (Å²) < 4.78 is 0. The molecular formula is C16H16N2O. The van der Waals surface area contributed by atoms with Crippen molar-refractivity contribution in [2.45, 2.75) is 12.5 Å². The second-order valence-electron chi connectivity index (χ2n) is 4.67. The van der Waals surface area contributed by atoms with E-state index in [1.807, 2.05) is 49.4 Å². The molecule has 2 rings (SSSR count). The lowest BCUT2D eigenvalue weighted by Crippen LogP contribution is -2.35. The van der Waals surface area contributed by atoms with Gasteiger partial charge in [0, 0.05) is 5.69 Å². The lowest BCUT2D eigenvalue weighted by molar-refractivity contribution is 0.224. The number of hydrogen-bond acceptors (Lipinski definition) is 3. The van der Waals surface area contributed by atoms with E-state index in [0.717, 1.165) is 11.3 Å². The molecule has 0 bridgehead atoms. The third kappa shape index (κ3) is 2.93. The van der Waals surface area contributed by atoms with Crippen molar-refractivity contribution in [2.24, 2.45) is 0 Å². The zero-order valence-electron chi connectivity index (χ0n) is 10.8. The van der Waals surface area contributed by atoms with Crippen LogP contribution in [0.1, 0.15) is 18.1 Å². The molecule has 2 aromatic rings. The molecule has 0 fully saturated rings. The highest BCUT2D eigenvalue weighted by Crippen LogP contribution is 2.25. The van der Waals surface area contributed by atoms with Gasteiger partial charge in [-0.2, -0.15) is 5.26 Å². The molecule has 0 amide bonds. The highest BCUT2D eigenvalue weighted by molar-refractivity contribution is 5.52. The van der Waals surface area contributed by atoms with E-state index in [-0.39, 0.29) is 6.61 Å². The minimum Gasteiger partial charge on any atom is -0.394 e. The molecule has 2 N–H and O–H groups in total. The minimum absolute atomic E-state index is 0.0339. The predicted molar refractivity (Wildman–Crippen MR) is 75.7 cm³/mol. The van der Waals surface area contributed by atoms with Crippen molar-refractivity contribution < 1.29 is 5.11 Å². The molecule has 3 nitrogen and oxygen atoms in total. The van der Waals surface area contributed by atoms with Crippen molar-refractivity contribution in [1.29, 1.82) is 5.26 Å². The summed E-state index contributed by atoms with van der Waals surface area (Å²) in [7, 11) is 0. The third-order valence-corrected chi connectivity index (χ3v) is 3.14. The van der Waals surface area contributed by atoms with Gasteiger partial charge in [-0.15, -0.1) is 0 Å². The second-order valence-corrected chi connectivity index (χ2v) is 4.67. The first kappa shape index (κ1) is 13.1. The highest BCUT2D eigenvalue weighted by atomic mass is 16.3. The Morgan fingerprint density at radius 3 is 2.53 bits per heavy atom. The summed E-state index contributed by atoms with van der Waals surface area (Å²) in [6, 6.07) is 19.1. The smallest absolute Gasteiger partial charge is 0.0992 e. The maximum atomic E-state index is 9.70. The van der Waals surface area contributed by atoms with Crippen LogP contribution in [0.25, 0.3) is 0 Å². The van der Waals surface area contributed by atoms with E-state index in [2.05, 4.69) is 11.4 Å². The average Bonchev–Trinajstić information content (AvgIpc) is 2.48. The van der Waals surface area contributed by atoms with Crippen LogP contribution in [0.3, 0.4) is 0 Å². The first-order chi connectivity index (χ1) is 9.18. The Bertz CT molecular complexity index is 589. The Morgan fingerprint density at radius 1 is 1.16 bits per heavy atom. The molecule has 0 radical (unpaired) electrons. The van der Waals surface area contributed by atoms with Crippen LogP contribution in [0.5, 0.6) is 0 Å². The molecular weight excluding hydrogens is 236 g/mol. The number of hydrogen-bond donors (Lipinski definition) is 2. The fraction of sp³-hybridized carbons (Fsp3) is 0.188. The van der Waals surface area contributed by atoms with Gasteiger partial charge >= 0.3 is 0 Å². The molecule has 0 saturated carbocycles. The minimum atomic E-state index is -0.574. The summed E-state index contributed by atoms with van der Waals surface area (Å²) in [5, 5.41) is 21.9. The number of rotatable bonds is 4. The molecule has 0 aliphatic heterocycles. The summed E-state index contributed by atoms with van der Waals surface area (Å²) >= 11 is 0. The van der Waals surface area contributed by atoms with Gasteiger partial charge < -0.3 is 10.4 Å². The fourth-order valence-electron chi connectivity index (χ4n) is 1.99. The van der Waals surface area contributed by atoms with E-state index >= 15 is 0 Å². The van der Waals surface area contributed by atoms with Crippen molar-refractivity contribution in [3.63, 3.8) is 0 Å². The van der Waals surface area contributed by atoms with E-state index in [9.17, 15) is 5.11 Å². The maximum absolute atomic E-state index is 9.70. The van der Waals surface area contributed by atoms with Crippen molar-refractivity contribution in [3.8, 4) is 6.07 Å². The number of aliphatic hydroxyl groups excluding tert-OH is 1. The van der Waals surface area contributed by atoms with Gasteiger partial charge in [-0.25, -0.2) is 0 Å². The highest BCUT2D eigenvalue weighted by Gasteiger charge is 2.25. The Morgan fingerprint density at radius 2 is 1.89 bits per heavy atom. The fourth-order valence-corrected chi connectivity index (χ4v) is 1.99. The van der Waals surface area contributed by atoms with Crippen LogP contribution >= 0.6 is 0 Å². The molecule has 0 saturated heterocycles. The first-order valence-electron chi connectivity index (χ1n) is 6.13. The number of nitrogens with one attached hydrogen (secondary N) is 1. The average molecular weight is 252 g/mol. The summed E-state index contributed by atoms with van der Waals surface area (Å²) in [5.41, 5.74) is 1.84. The van der Waals surface area contributed by atoms with Crippen molar-refractivity contribution in [2.75, 3.05) is 11.9 Å². The molecule has 0 aliphatic carbocycles. The molecule has 1 atom stereocenters. The van der Waals surface area contributed by atoms with E-state index in [1.54, 1.807) is 12.1 Å². The molecule has 96 valence electrons. The zero-order valence-corrected chi connectivity index (χ0v) is 10.8. The van der Waals surface area contributed by atoms with Gasteiger partial charge in [-0.05, 0) is 30.7 Å². The lowest BCUT2D eigenvalue weighted by atomic mass is 9.92. The summed E-state index contributed by atoms with van der Waals surface area (Å²) in [5.74, 6) is 0. The Kier molecular flexibility index (Phi) is 3.84. The molecule has 0 spiro atoms. The van der Waals surface area contributed by atoms with Gasteiger partial charge in [0.25, 0.3) is 0 Å². The lowest BCUT2D eigenvalue weighted by Gasteiger charge is -2.30. The number of aliphatic hydroxyl groups is 1. The van der Waals surface area contributed by atoms with Crippen LogP contribution in [-0.4, -0.2) is 11.7 Å². The van der Waals surface area contributed by atoms with Crippen molar-refractivity contribution >= 4 is 5.69 Å². The number of benzene rings is 2. The third-order valence-electron chi connectivity index (χ3n) is 3.14. The van der Waals surface area contributed by atoms with Crippen molar-refractivity contribution in [1.82, 2.24) is 0 Å². The SMILES string of the molecule is CC(CO)(Nc1cccc(C#N)c1)c1ccccc1.